The Morgan fingerprint density at radius 2 is 2.11 bits per heavy atom. The fraction of sp³-hybridized carbons (Fsp3) is 0.409. The lowest BCUT2D eigenvalue weighted by molar-refractivity contribution is -0.136. The maximum atomic E-state index is 12.9. The number of halogens is 1. The van der Waals surface area contributed by atoms with E-state index in [0.717, 1.165) is 5.57 Å². The summed E-state index contributed by atoms with van der Waals surface area (Å²) in [6, 6.07) is 0. The third kappa shape index (κ3) is 5.55. The SMILES string of the molecule is C\C=C/C(=C\C=C\CN1C(=O)C(C2=CC(C)(Cl)CC=C2)=NC1(C)C)CC(=O)O. The largest absolute Gasteiger partial charge is 0.481 e. The normalized spacial score (nSPS) is 25.0. The predicted octanol–water partition coefficient (Wildman–Crippen LogP) is 4.42. The number of carbonyl (C=O) groups excluding carboxylic acids is 1. The van der Waals surface area contributed by atoms with Crippen LogP contribution in [0.25, 0.3) is 0 Å². The Bertz CT molecular complexity index is 827. The highest BCUT2D eigenvalue weighted by atomic mass is 35.5. The molecule has 1 heterocycles. The highest BCUT2D eigenvalue weighted by molar-refractivity contribution is 6.47. The summed E-state index contributed by atoms with van der Waals surface area (Å²) in [4.78, 5) is 29.7. The molecule has 0 aromatic rings. The second kappa shape index (κ2) is 8.74. The number of carboxylic acid groups (broad SMARTS) is 1. The van der Waals surface area contributed by atoms with Gasteiger partial charge in [0.05, 0.1) is 11.3 Å². The zero-order chi connectivity index (χ0) is 20.9. The zero-order valence-corrected chi connectivity index (χ0v) is 17.5. The Morgan fingerprint density at radius 3 is 2.71 bits per heavy atom. The van der Waals surface area contributed by atoms with Crippen LogP contribution in [0.5, 0.6) is 0 Å². The molecule has 1 aliphatic carbocycles. The summed E-state index contributed by atoms with van der Waals surface area (Å²) in [6.07, 6.45) is 15.3. The lowest BCUT2D eigenvalue weighted by atomic mass is 9.94. The first-order chi connectivity index (χ1) is 13.1. The van der Waals surface area contributed by atoms with Gasteiger partial charge in [-0.3, -0.25) is 14.6 Å². The van der Waals surface area contributed by atoms with Crippen molar-refractivity contribution in [2.75, 3.05) is 6.54 Å². The number of hydrogen-bond acceptors (Lipinski definition) is 3. The van der Waals surface area contributed by atoms with E-state index in [1.165, 1.54) is 0 Å². The minimum absolute atomic E-state index is 0.0479. The Balaban J connectivity index is 2.14. The van der Waals surface area contributed by atoms with Gasteiger partial charge in [-0.05, 0) is 39.7 Å². The molecule has 150 valence electrons. The fourth-order valence-electron chi connectivity index (χ4n) is 3.17. The molecule has 6 heteroatoms. The van der Waals surface area contributed by atoms with E-state index in [-0.39, 0.29) is 12.3 Å². The lowest BCUT2D eigenvalue weighted by Gasteiger charge is -2.28. The molecule has 0 saturated heterocycles. The van der Waals surface area contributed by atoms with Crippen LogP contribution in [0, 0.1) is 0 Å². The number of allylic oxidation sites excluding steroid dienone is 7. The molecule has 2 aliphatic rings. The Morgan fingerprint density at radius 1 is 1.39 bits per heavy atom. The molecule has 0 fully saturated rings. The van der Waals surface area contributed by atoms with Gasteiger partial charge in [-0.2, -0.15) is 0 Å². The number of alkyl halides is 1. The third-order valence-corrected chi connectivity index (χ3v) is 4.77. The van der Waals surface area contributed by atoms with E-state index >= 15 is 0 Å². The number of amides is 1. The lowest BCUT2D eigenvalue weighted by Crippen LogP contribution is -2.42. The predicted molar refractivity (Wildman–Crippen MR) is 114 cm³/mol. The van der Waals surface area contributed by atoms with Crippen LogP contribution in [0.2, 0.25) is 0 Å². The molecule has 28 heavy (non-hydrogen) atoms. The molecule has 0 radical (unpaired) electrons. The summed E-state index contributed by atoms with van der Waals surface area (Å²) in [7, 11) is 0. The molecule has 0 saturated carbocycles. The average Bonchev–Trinajstić information content (AvgIpc) is 2.80. The van der Waals surface area contributed by atoms with Crippen LogP contribution in [0.3, 0.4) is 0 Å². The first-order valence-corrected chi connectivity index (χ1v) is 9.64. The second-order valence-corrected chi connectivity index (χ2v) is 8.46. The van der Waals surface area contributed by atoms with Crippen LogP contribution in [-0.4, -0.2) is 44.7 Å². The van der Waals surface area contributed by atoms with Crippen molar-refractivity contribution in [3.05, 3.63) is 59.8 Å². The van der Waals surface area contributed by atoms with E-state index in [9.17, 15) is 9.59 Å². The van der Waals surface area contributed by atoms with Gasteiger partial charge in [0, 0.05) is 12.1 Å². The number of aliphatic carboxylic acids is 1. The molecule has 2 rings (SSSR count). The molecule has 0 spiro atoms. The van der Waals surface area contributed by atoms with Crippen LogP contribution in [0.4, 0.5) is 0 Å². The van der Waals surface area contributed by atoms with E-state index in [2.05, 4.69) is 4.99 Å². The van der Waals surface area contributed by atoms with Crippen molar-refractivity contribution >= 4 is 29.2 Å². The molecule has 1 aliphatic heterocycles. The monoisotopic (exact) mass is 402 g/mol. The topological polar surface area (TPSA) is 70.0 Å². The van der Waals surface area contributed by atoms with Gasteiger partial charge >= 0.3 is 5.97 Å². The highest BCUT2D eigenvalue weighted by Gasteiger charge is 2.40. The second-order valence-electron chi connectivity index (χ2n) is 7.60. The molecule has 5 nitrogen and oxygen atoms in total. The molecule has 0 bridgehead atoms. The minimum Gasteiger partial charge on any atom is -0.481 e. The first kappa shape index (κ1) is 21.9. The van der Waals surface area contributed by atoms with E-state index in [1.54, 1.807) is 29.2 Å². The summed E-state index contributed by atoms with van der Waals surface area (Å²) >= 11 is 6.42. The summed E-state index contributed by atoms with van der Waals surface area (Å²) in [5, 5.41) is 8.95. The average molecular weight is 403 g/mol. The van der Waals surface area contributed by atoms with Crippen LogP contribution in [0.1, 0.15) is 40.5 Å². The smallest absolute Gasteiger partial charge is 0.307 e. The molecular weight excluding hydrogens is 376 g/mol. The summed E-state index contributed by atoms with van der Waals surface area (Å²) in [6.45, 7) is 7.91. The summed E-state index contributed by atoms with van der Waals surface area (Å²) in [5.41, 5.74) is 1.21. The van der Waals surface area contributed by atoms with Crippen molar-refractivity contribution in [1.82, 2.24) is 4.90 Å². The van der Waals surface area contributed by atoms with E-state index < -0.39 is 16.5 Å². The number of rotatable bonds is 7. The van der Waals surface area contributed by atoms with Crippen LogP contribution < -0.4 is 0 Å². The van der Waals surface area contributed by atoms with Gasteiger partial charge in [-0.15, -0.1) is 11.6 Å². The van der Waals surface area contributed by atoms with Crippen molar-refractivity contribution in [3.8, 4) is 0 Å². The number of nitrogens with zero attached hydrogens (tertiary/aromatic N) is 2. The molecule has 1 unspecified atom stereocenters. The summed E-state index contributed by atoms with van der Waals surface area (Å²) in [5.74, 6) is -1.02. The van der Waals surface area contributed by atoms with Crippen molar-refractivity contribution in [2.24, 2.45) is 4.99 Å². The van der Waals surface area contributed by atoms with Gasteiger partial charge in [-0.1, -0.05) is 48.6 Å². The maximum Gasteiger partial charge on any atom is 0.307 e. The van der Waals surface area contributed by atoms with Gasteiger partial charge in [0.1, 0.15) is 11.4 Å². The van der Waals surface area contributed by atoms with Crippen molar-refractivity contribution < 1.29 is 14.7 Å². The van der Waals surface area contributed by atoms with Crippen molar-refractivity contribution in [2.45, 2.75) is 51.1 Å². The Kier molecular flexibility index (Phi) is 6.83. The van der Waals surface area contributed by atoms with Crippen LogP contribution in [0.15, 0.2) is 64.7 Å². The fourth-order valence-corrected chi connectivity index (χ4v) is 3.37. The van der Waals surface area contributed by atoms with Crippen LogP contribution >= 0.6 is 11.6 Å². The van der Waals surface area contributed by atoms with Gasteiger partial charge in [0.2, 0.25) is 0 Å². The zero-order valence-electron chi connectivity index (χ0n) is 16.8. The Hall–Kier alpha value is -2.40. The van der Waals surface area contributed by atoms with Crippen LogP contribution in [-0.2, 0) is 9.59 Å². The van der Waals surface area contributed by atoms with Gasteiger partial charge in [0.25, 0.3) is 5.91 Å². The Labute approximate surface area is 171 Å². The minimum atomic E-state index is -0.883. The summed E-state index contributed by atoms with van der Waals surface area (Å²) < 4.78 is 0. The molecule has 0 aromatic carbocycles. The van der Waals surface area contributed by atoms with E-state index in [1.807, 2.05) is 52.0 Å². The standard InChI is InChI=1S/C22H27ClN2O3/c1-5-9-16(14-18(26)27)10-6-7-13-25-20(28)19(24-21(25,2)3)17-11-8-12-22(4,23)15-17/h5-11,15H,12-14H2,1-4H3,(H,26,27)/b7-6+,9-5-,16-10+. The number of carbonyl (C=O) groups is 2. The number of hydrogen-bond donors (Lipinski definition) is 1. The number of aliphatic imine (C=N–C) groups is 1. The van der Waals surface area contributed by atoms with Gasteiger partial charge in [-0.25, -0.2) is 0 Å². The maximum absolute atomic E-state index is 12.9. The van der Waals surface area contributed by atoms with Gasteiger partial charge < -0.3 is 10.0 Å². The number of carboxylic acids is 1. The third-order valence-electron chi connectivity index (χ3n) is 4.51. The van der Waals surface area contributed by atoms with E-state index in [0.29, 0.717) is 24.3 Å². The molecular formula is C22H27ClN2O3. The molecule has 1 N–H and O–H groups in total. The van der Waals surface area contributed by atoms with Gasteiger partial charge in [0.15, 0.2) is 0 Å². The molecule has 0 aromatic heterocycles. The van der Waals surface area contributed by atoms with Crippen molar-refractivity contribution in [1.29, 1.82) is 0 Å². The molecule has 1 atom stereocenters. The molecule has 1 amide bonds. The quantitative estimate of drug-likeness (QED) is 0.506. The van der Waals surface area contributed by atoms with Crippen molar-refractivity contribution in [3.63, 3.8) is 0 Å². The first-order valence-electron chi connectivity index (χ1n) is 9.26. The highest BCUT2D eigenvalue weighted by Crippen LogP contribution is 2.32. The van der Waals surface area contributed by atoms with E-state index in [4.69, 9.17) is 16.7 Å².